The summed E-state index contributed by atoms with van der Waals surface area (Å²) in [4.78, 5) is 19.1. The van der Waals surface area contributed by atoms with Crippen LogP contribution in [0, 0.1) is 5.82 Å². The Labute approximate surface area is 220 Å². The quantitative estimate of drug-likeness (QED) is 0.266. The Hall–Kier alpha value is -3.96. The molecular weight excluding hydrogens is 513 g/mol. The van der Waals surface area contributed by atoms with Crippen LogP contribution in [0.4, 0.5) is 4.39 Å². The number of furan rings is 1. The average Bonchev–Trinajstić information content (AvgIpc) is 3.57. The number of aromatic nitrogens is 2. The van der Waals surface area contributed by atoms with Crippen molar-refractivity contribution in [2.75, 3.05) is 20.8 Å². The first-order chi connectivity index (χ1) is 18.3. The van der Waals surface area contributed by atoms with Crippen molar-refractivity contribution in [1.82, 2.24) is 14.5 Å². The van der Waals surface area contributed by atoms with Crippen molar-refractivity contribution < 1.29 is 31.5 Å². The average molecular weight is 542 g/mol. The fourth-order valence-electron chi connectivity index (χ4n) is 4.02. The molecule has 200 valence electrons. The van der Waals surface area contributed by atoms with Gasteiger partial charge in [-0.2, -0.15) is 0 Å². The van der Waals surface area contributed by atoms with Crippen molar-refractivity contribution in [2.45, 2.75) is 30.5 Å². The molecule has 0 aliphatic rings. The minimum Gasteiger partial charge on any atom is -0.497 e. The summed E-state index contributed by atoms with van der Waals surface area (Å²) in [6.07, 6.45) is 2.92. The monoisotopic (exact) mass is 541 g/mol. The number of sulfone groups is 1. The first-order valence-corrected chi connectivity index (χ1v) is 13.4. The van der Waals surface area contributed by atoms with Gasteiger partial charge in [-0.3, -0.25) is 4.79 Å². The van der Waals surface area contributed by atoms with Crippen molar-refractivity contribution in [3.05, 3.63) is 102 Å². The lowest BCUT2D eigenvalue weighted by molar-refractivity contribution is 0.0711. The SMILES string of the molecule is COCCn1c(CN(Cc2ccco2)C(=O)c2cccc(F)c2)cnc1S(=O)(=O)Cc1cccc(OC)c1. The van der Waals surface area contributed by atoms with E-state index in [1.807, 2.05) is 0 Å². The molecule has 0 aliphatic carbocycles. The van der Waals surface area contributed by atoms with Crippen molar-refractivity contribution >= 4 is 15.7 Å². The molecule has 0 bridgehead atoms. The highest BCUT2D eigenvalue weighted by Crippen LogP contribution is 2.22. The predicted molar refractivity (Wildman–Crippen MR) is 137 cm³/mol. The number of methoxy groups -OCH3 is 2. The number of amides is 1. The number of hydrogen-bond acceptors (Lipinski definition) is 7. The highest BCUT2D eigenvalue weighted by molar-refractivity contribution is 7.90. The summed E-state index contributed by atoms with van der Waals surface area (Å²) in [5, 5.41) is -0.136. The van der Waals surface area contributed by atoms with E-state index in [1.54, 1.807) is 36.4 Å². The van der Waals surface area contributed by atoms with Crippen LogP contribution in [0.2, 0.25) is 0 Å². The Morgan fingerprint density at radius 1 is 1.08 bits per heavy atom. The lowest BCUT2D eigenvalue weighted by Crippen LogP contribution is -2.31. The second-order valence-corrected chi connectivity index (χ2v) is 10.4. The highest BCUT2D eigenvalue weighted by Gasteiger charge is 2.26. The molecule has 1 amide bonds. The zero-order valence-electron chi connectivity index (χ0n) is 21.0. The predicted octanol–water partition coefficient (Wildman–Crippen LogP) is 4.09. The second-order valence-electron chi connectivity index (χ2n) is 8.54. The normalized spacial score (nSPS) is 11.4. The largest absolute Gasteiger partial charge is 0.497 e. The lowest BCUT2D eigenvalue weighted by atomic mass is 10.2. The van der Waals surface area contributed by atoms with E-state index in [0.29, 0.717) is 22.8 Å². The molecule has 2 aromatic carbocycles. The lowest BCUT2D eigenvalue weighted by Gasteiger charge is -2.23. The maximum Gasteiger partial charge on any atom is 0.254 e. The fourth-order valence-corrected chi connectivity index (χ4v) is 5.53. The molecule has 38 heavy (non-hydrogen) atoms. The van der Waals surface area contributed by atoms with Crippen LogP contribution in [-0.2, 0) is 40.0 Å². The number of ether oxygens (including phenoxy) is 2. The van der Waals surface area contributed by atoms with E-state index in [1.165, 1.54) is 54.3 Å². The van der Waals surface area contributed by atoms with Crippen LogP contribution in [0.5, 0.6) is 5.75 Å². The Morgan fingerprint density at radius 2 is 1.89 bits per heavy atom. The number of carbonyl (C=O) groups excluding carboxylic acids is 1. The second kappa shape index (κ2) is 12.1. The van der Waals surface area contributed by atoms with Crippen molar-refractivity contribution in [2.24, 2.45) is 0 Å². The molecule has 4 aromatic rings. The number of hydrogen-bond donors (Lipinski definition) is 0. The van der Waals surface area contributed by atoms with Gasteiger partial charge in [0.1, 0.15) is 17.3 Å². The number of nitrogens with zero attached hydrogens (tertiary/aromatic N) is 3. The van der Waals surface area contributed by atoms with Gasteiger partial charge in [0.2, 0.25) is 15.0 Å². The summed E-state index contributed by atoms with van der Waals surface area (Å²) in [5.74, 6) is -0.202. The molecule has 4 rings (SSSR count). The molecule has 0 unspecified atom stereocenters. The van der Waals surface area contributed by atoms with E-state index in [9.17, 15) is 17.6 Å². The minimum atomic E-state index is -3.87. The third-order valence-electron chi connectivity index (χ3n) is 5.83. The van der Waals surface area contributed by atoms with Gasteiger partial charge in [0.15, 0.2) is 0 Å². The van der Waals surface area contributed by atoms with E-state index in [0.717, 1.165) is 6.07 Å². The first-order valence-electron chi connectivity index (χ1n) is 11.8. The van der Waals surface area contributed by atoms with Crippen LogP contribution in [-0.4, -0.2) is 49.6 Å². The summed E-state index contributed by atoms with van der Waals surface area (Å²) < 4.78 is 58.1. The molecule has 0 spiro atoms. The fraction of sp³-hybridized carbons (Fsp3) is 0.259. The molecule has 9 nitrogen and oxygen atoms in total. The molecule has 2 heterocycles. The zero-order chi connectivity index (χ0) is 27.1. The Balaban J connectivity index is 1.68. The molecule has 2 aromatic heterocycles. The summed E-state index contributed by atoms with van der Waals surface area (Å²) >= 11 is 0. The Kier molecular flexibility index (Phi) is 8.59. The third kappa shape index (κ3) is 6.48. The summed E-state index contributed by atoms with van der Waals surface area (Å²) in [5.41, 5.74) is 1.18. The van der Waals surface area contributed by atoms with Gasteiger partial charge in [0.05, 0.1) is 50.7 Å². The van der Waals surface area contributed by atoms with Crippen LogP contribution >= 0.6 is 0 Å². The number of carbonyl (C=O) groups is 1. The molecule has 0 saturated heterocycles. The zero-order valence-corrected chi connectivity index (χ0v) is 21.9. The first kappa shape index (κ1) is 27.1. The number of halogens is 1. The Morgan fingerprint density at radius 3 is 2.61 bits per heavy atom. The topological polar surface area (TPSA) is 104 Å². The highest BCUT2D eigenvalue weighted by atomic mass is 32.2. The van der Waals surface area contributed by atoms with Crippen LogP contribution < -0.4 is 4.74 Å². The maximum atomic E-state index is 13.9. The summed E-state index contributed by atoms with van der Waals surface area (Å²) in [6, 6.07) is 15.6. The van der Waals surface area contributed by atoms with Crippen LogP contribution in [0.1, 0.15) is 27.4 Å². The Bertz CT molecular complexity index is 1480. The maximum absolute atomic E-state index is 13.9. The summed E-state index contributed by atoms with van der Waals surface area (Å²) in [7, 11) is -0.851. The van der Waals surface area contributed by atoms with Gasteiger partial charge in [-0.15, -0.1) is 0 Å². The molecule has 0 fully saturated rings. The van der Waals surface area contributed by atoms with E-state index in [-0.39, 0.29) is 42.7 Å². The molecule has 0 aliphatic heterocycles. The van der Waals surface area contributed by atoms with Gasteiger partial charge in [-0.25, -0.2) is 17.8 Å². The minimum absolute atomic E-state index is 0.00143. The van der Waals surface area contributed by atoms with Crippen LogP contribution in [0.25, 0.3) is 0 Å². The van der Waals surface area contributed by atoms with Crippen LogP contribution in [0.15, 0.2) is 82.7 Å². The number of rotatable bonds is 12. The van der Waals surface area contributed by atoms with Gasteiger partial charge < -0.3 is 23.4 Å². The van der Waals surface area contributed by atoms with Gasteiger partial charge >= 0.3 is 0 Å². The van der Waals surface area contributed by atoms with E-state index in [2.05, 4.69) is 4.98 Å². The molecular formula is C27H28FN3O6S. The van der Waals surface area contributed by atoms with E-state index < -0.39 is 21.6 Å². The van der Waals surface area contributed by atoms with Gasteiger partial charge in [0.25, 0.3) is 5.91 Å². The molecule has 0 radical (unpaired) electrons. The van der Waals surface area contributed by atoms with E-state index >= 15 is 0 Å². The standard InChI is InChI=1S/C27H28FN3O6S/c1-35-13-11-31-23(16-29-27(31)38(33,34)19-20-6-3-9-24(14-20)36-2)17-30(18-25-10-5-12-37-25)26(32)21-7-4-8-22(28)15-21/h3-10,12,14-16H,11,13,17-19H2,1-2H3. The van der Waals surface area contributed by atoms with Gasteiger partial charge in [0, 0.05) is 19.2 Å². The smallest absolute Gasteiger partial charge is 0.254 e. The summed E-state index contributed by atoms with van der Waals surface area (Å²) in [6.45, 7) is 0.507. The molecule has 0 saturated carbocycles. The number of benzene rings is 2. The molecule has 0 N–H and O–H groups in total. The number of imidazole rings is 1. The molecule has 11 heteroatoms. The van der Waals surface area contributed by atoms with E-state index in [4.69, 9.17) is 13.9 Å². The third-order valence-corrected chi connectivity index (χ3v) is 7.42. The van der Waals surface area contributed by atoms with Crippen LogP contribution in [0.3, 0.4) is 0 Å². The van der Waals surface area contributed by atoms with Crippen molar-refractivity contribution in [3.8, 4) is 5.75 Å². The van der Waals surface area contributed by atoms with Gasteiger partial charge in [-0.05, 0) is 48.0 Å². The molecule has 0 atom stereocenters. The van der Waals surface area contributed by atoms with Gasteiger partial charge in [-0.1, -0.05) is 18.2 Å². The van der Waals surface area contributed by atoms with Crippen molar-refractivity contribution in [3.63, 3.8) is 0 Å². The van der Waals surface area contributed by atoms with Crippen molar-refractivity contribution in [1.29, 1.82) is 0 Å².